The Morgan fingerprint density at radius 1 is 1.13 bits per heavy atom. The average molecular weight is 405 g/mol. The van der Waals surface area contributed by atoms with Gasteiger partial charge in [0.1, 0.15) is 12.1 Å². The Morgan fingerprint density at radius 3 is 2.70 bits per heavy atom. The molecule has 0 atom stereocenters. The fourth-order valence-electron chi connectivity index (χ4n) is 4.37. The molecular formula is C22H23N5O3. The molecule has 0 bridgehead atoms. The molecule has 0 unspecified atom stereocenters. The van der Waals surface area contributed by atoms with E-state index >= 15 is 0 Å². The standard InChI is InChI=1S/C22H23N5O3/c28-19(16-26-11-4-10-23-21(26)29)25-12-8-22(9-13-25)20-17(7-14-30-22)15-27(24-20)18-5-2-1-3-6-18/h1-6,10-11,15H,7-9,12-14,16H2. The van der Waals surface area contributed by atoms with Gasteiger partial charge in [-0.1, -0.05) is 18.2 Å². The number of benzene rings is 1. The van der Waals surface area contributed by atoms with Crippen LogP contribution in [0.25, 0.3) is 5.69 Å². The van der Waals surface area contributed by atoms with E-state index in [9.17, 15) is 9.59 Å². The molecular weight excluding hydrogens is 382 g/mol. The molecule has 2 aliphatic rings. The van der Waals surface area contributed by atoms with Gasteiger partial charge >= 0.3 is 5.69 Å². The summed E-state index contributed by atoms with van der Waals surface area (Å²) in [5, 5.41) is 4.88. The number of aromatic nitrogens is 4. The normalized spacial score (nSPS) is 17.7. The van der Waals surface area contributed by atoms with Crippen LogP contribution in [0.3, 0.4) is 0 Å². The molecule has 1 spiro atoms. The Morgan fingerprint density at radius 2 is 1.93 bits per heavy atom. The summed E-state index contributed by atoms with van der Waals surface area (Å²) in [6.07, 6.45) is 7.35. The summed E-state index contributed by atoms with van der Waals surface area (Å²) in [6, 6.07) is 11.7. The van der Waals surface area contributed by atoms with Gasteiger partial charge in [-0.3, -0.25) is 9.36 Å². The number of carbonyl (C=O) groups excluding carboxylic acids is 1. The van der Waals surface area contributed by atoms with Crippen molar-refractivity contribution in [3.05, 3.63) is 76.7 Å². The molecule has 8 heteroatoms. The van der Waals surface area contributed by atoms with Crippen molar-refractivity contribution in [1.82, 2.24) is 24.2 Å². The van der Waals surface area contributed by atoms with E-state index < -0.39 is 11.3 Å². The fraction of sp³-hybridized carbons (Fsp3) is 0.364. The number of hydrogen-bond acceptors (Lipinski definition) is 5. The molecule has 1 aromatic carbocycles. The molecule has 2 aliphatic heterocycles. The Labute approximate surface area is 173 Å². The number of fused-ring (bicyclic) bond motifs is 2. The van der Waals surface area contributed by atoms with Gasteiger partial charge in [0.25, 0.3) is 0 Å². The van der Waals surface area contributed by atoms with Crippen LogP contribution < -0.4 is 5.69 Å². The van der Waals surface area contributed by atoms with Crippen LogP contribution in [-0.2, 0) is 28.1 Å². The van der Waals surface area contributed by atoms with E-state index in [0.717, 1.165) is 17.8 Å². The van der Waals surface area contributed by atoms with Crippen LogP contribution in [0, 0.1) is 0 Å². The highest BCUT2D eigenvalue weighted by atomic mass is 16.5. The lowest BCUT2D eigenvalue weighted by atomic mass is 9.84. The number of amides is 1. The molecule has 4 heterocycles. The van der Waals surface area contributed by atoms with Gasteiger partial charge in [0.15, 0.2) is 0 Å². The maximum absolute atomic E-state index is 12.7. The second kappa shape index (κ2) is 7.53. The second-order valence-corrected chi connectivity index (χ2v) is 7.79. The van der Waals surface area contributed by atoms with Gasteiger partial charge < -0.3 is 9.64 Å². The van der Waals surface area contributed by atoms with Gasteiger partial charge in [-0.15, -0.1) is 0 Å². The lowest BCUT2D eigenvalue weighted by Crippen LogP contribution is -2.49. The van der Waals surface area contributed by atoms with E-state index in [-0.39, 0.29) is 12.5 Å². The van der Waals surface area contributed by atoms with E-state index in [4.69, 9.17) is 9.84 Å². The molecule has 1 saturated heterocycles. The van der Waals surface area contributed by atoms with E-state index in [1.54, 1.807) is 17.2 Å². The first-order valence-corrected chi connectivity index (χ1v) is 10.2. The number of piperidine rings is 1. The van der Waals surface area contributed by atoms with E-state index in [2.05, 4.69) is 11.2 Å². The molecule has 1 fully saturated rings. The Bertz CT molecular complexity index is 1110. The molecule has 0 aliphatic carbocycles. The van der Waals surface area contributed by atoms with Crippen LogP contribution in [0.4, 0.5) is 0 Å². The second-order valence-electron chi connectivity index (χ2n) is 7.79. The predicted molar refractivity (Wildman–Crippen MR) is 109 cm³/mol. The number of likely N-dealkylation sites (tertiary alicyclic amines) is 1. The smallest absolute Gasteiger partial charge is 0.347 e. The van der Waals surface area contributed by atoms with Crippen LogP contribution in [0.2, 0.25) is 0 Å². The summed E-state index contributed by atoms with van der Waals surface area (Å²) < 4.78 is 9.53. The maximum atomic E-state index is 12.7. The molecule has 30 heavy (non-hydrogen) atoms. The quantitative estimate of drug-likeness (QED) is 0.660. The summed E-state index contributed by atoms with van der Waals surface area (Å²) in [7, 11) is 0. The average Bonchev–Trinajstić information content (AvgIpc) is 3.23. The fourth-order valence-corrected chi connectivity index (χ4v) is 4.37. The highest BCUT2D eigenvalue weighted by Crippen LogP contribution is 2.41. The van der Waals surface area contributed by atoms with Crippen molar-refractivity contribution in [3.8, 4) is 5.69 Å². The van der Waals surface area contributed by atoms with Gasteiger partial charge in [-0.25, -0.2) is 14.5 Å². The zero-order valence-electron chi connectivity index (χ0n) is 16.6. The molecule has 8 nitrogen and oxygen atoms in total. The summed E-state index contributed by atoms with van der Waals surface area (Å²) in [4.78, 5) is 30.0. The zero-order chi connectivity index (χ0) is 20.6. The SMILES string of the molecule is O=C(Cn1cccnc1=O)N1CCC2(CC1)OCCc1cn(-c3ccccc3)nc12. The van der Waals surface area contributed by atoms with E-state index in [0.29, 0.717) is 32.5 Å². The summed E-state index contributed by atoms with van der Waals surface area (Å²) in [6.45, 7) is 1.82. The Balaban J connectivity index is 1.33. The van der Waals surface area contributed by atoms with Crippen LogP contribution >= 0.6 is 0 Å². The number of hydrogen-bond donors (Lipinski definition) is 0. The largest absolute Gasteiger partial charge is 0.368 e. The summed E-state index contributed by atoms with van der Waals surface area (Å²) in [5.41, 5.74) is 2.37. The molecule has 154 valence electrons. The lowest BCUT2D eigenvalue weighted by molar-refractivity contribution is -0.141. The van der Waals surface area contributed by atoms with Gasteiger partial charge in [-0.05, 0) is 43.0 Å². The molecule has 0 N–H and O–H groups in total. The molecule has 2 aromatic heterocycles. The summed E-state index contributed by atoms with van der Waals surface area (Å²) in [5.74, 6) is -0.0780. The van der Waals surface area contributed by atoms with Gasteiger partial charge in [-0.2, -0.15) is 5.10 Å². The number of para-hydroxylation sites is 1. The monoisotopic (exact) mass is 405 g/mol. The maximum Gasteiger partial charge on any atom is 0.347 e. The van der Waals surface area contributed by atoms with Gasteiger partial charge in [0, 0.05) is 31.7 Å². The van der Waals surface area contributed by atoms with Crippen LogP contribution in [0.15, 0.2) is 59.8 Å². The number of rotatable bonds is 3. The zero-order valence-corrected chi connectivity index (χ0v) is 16.6. The van der Waals surface area contributed by atoms with Crippen molar-refractivity contribution in [2.45, 2.75) is 31.4 Å². The Kier molecular flexibility index (Phi) is 4.71. The summed E-state index contributed by atoms with van der Waals surface area (Å²) >= 11 is 0. The van der Waals surface area contributed by atoms with Crippen LogP contribution in [0.1, 0.15) is 24.1 Å². The van der Waals surface area contributed by atoms with Gasteiger partial charge in [0.05, 0.1) is 18.0 Å². The molecule has 1 amide bonds. The first-order chi connectivity index (χ1) is 14.6. The Hall–Kier alpha value is -3.26. The number of carbonyl (C=O) groups is 1. The van der Waals surface area contributed by atoms with Crippen LogP contribution in [-0.4, -0.2) is 49.8 Å². The first kappa shape index (κ1) is 18.7. The van der Waals surface area contributed by atoms with Crippen molar-refractivity contribution in [2.24, 2.45) is 0 Å². The van der Waals surface area contributed by atoms with Crippen molar-refractivity contribution in [1.29, 1.82) is 0 Å². The third-order valence-electron chi connectivity index (χ3n) is 6.00. The lowest BCUT2D eigenvalue weighted by Gasteiger charge is -2.43. The highest BCUT2D eigenvalue weighted by Gasteiger charge is 2.44. The minimum Gasteiger partial charge on any atom is -0.368 e. The van der Waals surface area contributed by atoms with Crippen molar-refractivity contribution < 1.29 is 9.53 Å². The molecule has 0 saturated carbocycles. The predicted octanol–water partition coefficient (Wildman–Crippen LogP) is 1.52. The van der Waals surface area contributed by atoms with Crippen LogP contribution in [0.5, 0.6) is 0 Å². The minimum atomic E-state index is -0.449. The first-order valence-electron chi connectivity index (χ1n) is 10.2. The van der Waals surface area contributed by atoms with E-state index in [1.165, 1.54) is 16.3 Å². The minimum absolute atomic E-state index is 0.00835. The van der Waals surface area contributed by atoms with Crippen molar-refractivity contribution >= 4 is 5.91 Å². The van der Waals surface area contributed by atoms with Crippen molar-refractivity contribution in [3.63, 3.8) is 0 Å². The van der Waals surface area contributed by atoms with E-state index in [1.807, 2.05) is 35.0 Å². The molecule has 3 aromatic rings. The highest BCUT2D eigenvalue weighted by molar-refractivity contribution is 5.76. The van der Waals surface area contributed by atoms with Gasteiger partial charge in [0.2, 0.25) is 5.91 Å². The van der Waals surface area contributed by atoms with Crippen molar-refractivity contribution in [2.75, 3.05) is 19.7 Å². The number of ether oxygens (including phenoxy) is 1. The third-order valence-corrected chi connectivity index (χ3v) is 6.00. The molecule has 5 rings (SSSR count). The topological polar surface area (TPSA) is 82.3 Å². The number of nitrogens with zero attached hydrogens (tertiary/aromatic N) is 5. The third kappa shape index (κ3) is 3.33. The molecule has 0 radical (unpaired) electrons.